The molecule has 0 unspecified atom stereocenters. The molecule has 0 saturated heterocycles. The van der Waals surface area contributed by atoms with Crippen LogP contribution in [0.3, 0.4) is 0 Å². The molecule has 0 aliphatic carbocycles. The molecular formula is C19H18N4O4. The number of carboxylic acids is 1. The number of carboxylic acid groups (broad SMARTS) is 1. The van der Waals surface area contributed by atoms with Gasteiger partial charge in [0.05, 0.1) is 5.39 Å². The van der Waals surface area contributed by atoms with Gasteiger partial charge in [0.15, 0.2) is 6.04 Å². The van der Waals surface area contributed by atoms with E-state index in [9.17, 15) is 19.5 Å². The van der Waals surface area contributed by atoms with Crippen LogP contribution in [-0.2, 0) is 9.59 Å². The van der Waals surface area contributed by atoms with Gasteiger partial charge in [0.1, 0.15) is 11.6 Å². The second kappa shape index (κ2) is 7.77. The van der Waals surface area contributed by atoms with Gasteiger partial charge in [0.25, 0.3) is 5.56 Å². The van der Waals surface area contributed by atoms with E-state index in [2.05, 4.69) is 15.6 Å². The number of nitrogens with zero attached hydrogens (tertiary/aromatic N) is 3. The van der Waals surface area contributed by atoms with Crippen molar-refractivity contribution in [3.05, 3.63) is 70.5 Å². The van der Waals surface area contributed by atoms with E-state index >= 15 is 0 Å². The summed E-state index contributed by atoms with van der Waals surface area (Å²) in [5.74, 6) is -1.78. The number of rotatable bonds is 6. The molecule has 2 aromatic carbocycles. The number of hydrogen-bond donors (Lipinski definition) is 2. The van der Waals surface area contributed by atoms with Crippen molar-refractivity contribution in [3.63, 3.8) is 0 Å². The van der Waals surface area contributed by atoms with Gasteiger partial charge in [-0.1, -0.05) is 54.6 Å². The van der Waals surface area contributed by atoms with Crippen molar-refractivity contribution < 1.29 is 14.7 Å². The van der Waals surface area contributed by atoms with Crippen LogP contribution in [0.4, 0.5) is 0 Å². The fourth-order valence-electron chi connectivity index (χ4n) is 2.80. The van der Waals surface area contributed by atoms with E-state index < -0.39 is 29.5 Å². The lowest BCUT2D eigenvalue weighted by Gasteiger charge is -2.20. The fraction of sp³-hybridized carbons (Fsp3) is 0.211. The number of carbonyl (C=O) groups is 2. The van der Waals surface area contributed by atoms with E-state index in [0.29, 0.717) is 16.5 Å². The molecule has 0 aliphatic heterocycles. The third-order valence-corrected chi connectivity index (χ3v) is 4.22. The minimum absolute atomic E-state index is 0.209. The summed E-state index contributed by atoms with van der Waals surface area (Å²) in [6.45, 7) is 1.65. The van der Waals surface area contributed by atoms with Gasteiger partial charge in [-0.15, -0.1) is 5.10 Å². The summed E-state index contributed by atoms with van der Waals surface area (Å²) in [4.78, 5) is 37.1. The van der Waals surface area contributed by atoms with E-state index in [1.807, 2.05) is 0 Å². The Hall–Kier alpha value is -3.55. The predicted octanol–water partition coefficient (Wildman–Crippen LogP) is 1.36. The lowest BCUT2D eigenvalue weighted by molar-refractivity contribution is -0.142. The molecule has 0 spiro atoms. The molecule has 3 rings (SSSR count). The normalized spacial score (nSPS) is 13.1. The highest BCUT2D eigenvalue weighted by molar-refractivity contribution is 5.88. The molecule has 0 fully saturated rings. The van der Waals surface area contributed by atoms with Crippen LogP contribution in [0.25, 0.3) is 10.9 Å². The second-order valence-corrected chi connectivity index (χ2v) is 5.98. The monoisotopic (exact) mass is 366 g/mol. The Morgan fingerprint density at radius 1 is 1.11 bits per heavy atom. The molecule has 27 heavy (non-hydrogen) atoms. The van der Waals surface area contributed by atoms with Crippen LogP contribution in [0.1, 0.15) is 24.9 Å². The average molecular weight is 366 g/mol. The van der Waals surface area contributed by atoms with E-state index in [1.54, 1.807) is 61.5 Å². The first kappa shape index (κ1) is 18.2. The first-order chi connectivity index (χ1) is 13.0. The Balaban J connectivity index is 2.11. The average Bonchev–Trinajstić information content (AvgIpc) is 2.69. The zero-order chi connectivity index (χ0) is 19.4. The molecule has 1 aromatic heterocycles. The molecule has 0 radical (unpaired) electrons. The number of aromatic nitrogens is 3. The Labute approximate surface area is 154 Å². The predicted molar refractivity (Wildman–Crippen MR) is 98.2 cm³/mol. The minimum Gasteiger partial charge on any atom is -0.480 e. The highest BCUT2D eigenvalue weighted by Crippen LogP contribution is 2.17. The molecule has 1 heterocycles. The van der Waals surface area contributed by atoms with Crippen LogP contribution >= 0.6 is 0 Å². The number of fused-ring (bicyclic) bond motifs is 1. The molecule has 0 saturated carbocycles. The first-order valence-electron chi connectivity index (χ1n) is 8.45. The third-order valence-electron chi connectivity index (χ3n) is 4.22. The first-order valence-corrected chi connectivity index (χ1v) is 8.45. The summed E-state index contributed by atoms with van der Waals surface area (Å²) in [5, 5.41) is 20.0. The van der Waals surface area contributed by atoms with Crippen LogP contribution < -0.4 is 10.9 Å². The smallest absolute Gasteiger partial charge is 0.326 e. The van der Waals surface area contributed by atoms with Gasteiger partial charge < -0.3 is 10.4 Å². The largest absolute Gasteiger partial charge is 0.480 e. The maximum absolute atomic E-state index is 12.9. The van der Waals surface area contributed by atoms with Gasteiger partial charge in [0, 0.05) is 0 Å². The van der Waals surface area contributed by atoms with Crippen molar-refractivity contribution in [3.8, 4) is 0 Å². The maximum atomic E-state index is 12.9. The lowest BCUT2D eigenvalue weighted by atomic mass is 10.1. The molecule has 2 N–H and O–H groups in total. The minimum atomic E-state index is -1.14. The molecule has 8 nitrogen and oxygen atoms in total. The van der Waals surface area contributed by atoms with E-state index in [4.69, 9.17) is 0 Å². The van der Waals surface area contributed by atoms with Gasteiger partial charge in [-0.25, -0.2) is 4.79 Å². The standard InChI is InChI=1S/C19H18N4O4/c1-2-14(19(26)27)20-17(24)16(12-8-4-3-5-9-12)23-18(25)13-10-6-7-11-15(13)21-22-23/h3-11,14,16H,2H2,1H3,(H,20,24)(H,26,27)/t14-,16-/m0/s1. The lowest BCUT2D eigenvalue weighted by Crippen LogP contribution is -2.46. The Kier molecular flexibility index (Phi) is 5.25. The zero-order valence-corrected chi connectivity index (χ0v) is 14.6. The van der Waals surface area contributed by atoms with Gasteiger partial charge in [-0.3, -0.25) is 9.59 Å². The fourth-order valence-corrected chi connectivity index (χ4v) is 2.80. The number of benzene rings is 2. The van der Waals surface area contributed by atoms with E-state index in [1.165, 1.54) is 0 Å². The van der Waals surface area contributed by atoms with E-state index in [0.717, 1.165) is 4.68 Å². The summed E-state index contributed by atoms with van der Waals surface area (Å²) < 4.78 is 0.988. The zero-order valence-electron chi connectivity index (χ0n) is 14.6. The van der Waals surface area contributed by atoms with Gasteiger partial charge in [-0.05, 0) is 24.1 Å². The highest BCUT2D eigenvalue weighted by atomic mass is 16.4. The molecule has 0 aliphatic rings. The molecule has 138 valence electrons. The van der Waals surface area contributed by atoms with Crippen molar-refractivity contribution in [2.24, 2.45) is 0 Å². The van der Waals surface area contributed by atoms with Gasteiger partial charge in [-0.2, -0.15) is 4.68 Å². The number of amides is 1. The molecule has 1 amide bonds. The summed E-state index contributed by atoms with van der Waals surface area (Å²) in [6.07, 6.45) is 0.209. The Morgan fingerprint density at radius 2 is 1.78 bits per heavy atom. The van der Waals surface area contributed by atoms with Crippen molar-refractivity contribution in [1.29, 1.82) is 0 Å². The molecule has 3 aromatic rings. The Morgan fingerprint density at radius 3 is 2.44 bits per heavy atom. The van der Waals surface area contributed by atoms with E-state index in [-0.39, 0.29) is 6.42 Å². The topological polar surface area (TPSA) is 114 Å². The van der Waals surface area contributed by atoms with Crippen LogP contribution in [0, 0.1) is 0 Å². The summed E-state index contributed by atoms with van der Waals surface area (Å²) in [6, 6.07) is 13.1. The molecule has 8 heteroatoms. The summed E-state index contributed by atoms with van der Waals surface area (Å²) >= 11 is 0. The Bertz CT molecular complexity index is 1030. The second-order valence-electron chi connectivity index (χ2n) is 5.98. The number of hydrogen-bond acceptors (Lipinski definition) is 5. The summed E-state index contributed by atoms with van der Waals surface area (Å²) in [5.41, 5.74) is 0.442. The molecular weight excluding hydrogens is 348 g/mol. The van der Waals surface area contributed by atoms with Crippen LogP contribution in [-0.4, -0.2) is 38.0 Å². The van der Waals surface area contributed by atoms with Gasteiger partial charge in [0.2, 0.25) is 5.91 Å². The third kappa shape index (κ3) is 3.69. The van der Waals surface area contributed by atoms with Crippen LogP contribution in [0.5, 0.6) is 0 Å². The van der Waals surface area contributed by atoms with Gasteiger partial charge >= 0.3 is 5.97 Å². The van der Waals surface area contributed by atoms with Crippen molar-refractivity contribution in [2.75, 3.05) is 0 Å². The quantitative estimate of drug-likeness (QED) is 0.681. The SMILES string of the molecule is CC[C@H](NC(=O)[C@H](c1ccccc1)n1nnc2ccccc2c1=O)C(=O)O. The van der Waals surface area contributed by atoms with Crippen molar-refractivity contribution >= 4 is 22.8 Å². The van der Waals surface area contributed by atoms with Crippen molar-refractivity contribution in [2.45, 2.75) is 25.4 Å². The maximum Gasteiger partial charge on any atom is 0.326 e. The van der Waals surface area contributed by atoms with Crippen molar-refractivity contribution in [1.82, 2.24) is 20.3 Å². The summed E-state index contributed by atoms with van der Waals surface area (Å²) in [7, 11) is 0. The number of nitrogens with one attached hydrogen (secondary N) is 1. The number of aliphatic carboxylic acids is 1. The number of carbonyl (C=O) groups excluding carboxylic acids is 1. The van der Waals surface area contributed by atoms with Crippen LogP contribution in [0.2, 0.25) is 0 Å². The molecule has 0 bridgehead atoms. The molecule has 2 atom stereocenters. The highest BCUT2D eigenvalue weighted by Gasteiger charge is 2.29. The van der Waals surface area contributed by atoms with Crippen LogP contribution in [0.15, 0.2) is 59.4 Å².